The van der Waals surface area contributed by atoms with E-state index in [2.05, 4.69) is 33.0 Å². The van der Waals surface area contributed by atoms with Gasteiger partial charge >= 0.3 is 0 Å². The van der Waals surface area contributed by atoms with E-state index in [1.165, 1.54) is 0 Å². The maximum Gasteiger partial charge on any atom is 0.0577 e. The van der Waals surface area contributed by atoms with Gasteiger partial charge in [-0.15, -0.1) is 0 Å². The summed E-state index contributed by atoms with van der Waals surface area (Å²) < 4.78 is 5.73. The predicted molar refractivity (Wildman–Crippen MR) is 71.1 cm³/mol. The van der Waals surface area contributed by atoms with Crippen molar-refractivity contribution in [1.29, 1.82) is 0 Å². The van der Waals surface area contributed by atoms with Gasteiger partial charge in [0.15, 0.2) is 0 Å². The van der Waals surface area contributed by atoms with Crippen LogP contribution in [0.5, 0.6) is 0 Å². The molecule has 1 rings (SSSR count). The van der Waals surface area contributed by atoms with E-state index in [-0.39, 0.29) is 11.5 Å². The van der Waals surface area contributed by atoms with E-state index in [9.17, 15) is 5.11 Å². The first-order chi connectivity index (χ1) is 7.87. The minimum Gasteiger partial charge on any atom is -0.393 e. The maximum absolute atomic E-state index is 9.84. The number of nitrogens with one attached hydrogen (secondary N) is 1. The van der Waals surface area contributed by atoms with Crippen molar-refractivity contribution in [3.63, 3.8) is 0 Å². The fourth-order valence-corrected chi connectivity index (χ4v) is 2.52. The molecule has 2 N–H and O–H groups in total. The van der Waals surface area contributed by atoms with Gasteiger partial charge in [-0.1, -0.05) is 13.8 Å². The van der Waals surface area contributed by atoms with Crippen LogP contribution in [0.15, 0.2) is 0 Å². The highest BCUT2D eigenvalue weighted by atomic mass is 16.5. The number of hydrogen-bond donors (Lipinski definition) is 2. The van der Waals surface area contributed by atoms with Crippen LogP contribution < -0.4 is 5.32 Å². The molecule has 0 aromatic carbocycles. The van der Waals surface area contributed by atoms with E-state index in [4.69, 9.17) is 4.74 Å². The number of ether oxygens (including phenoxy) is 1. The van der Waals surface area contributed by atoms with Crippen LogP contribution in [0.3, 0.4) is 0 Å². The fourth-order valence-electron chi connectivity index (χ4n) is 2.52. The Balaban J connectivity index is 2.44. The molecule has 1 saturated heterocycles. The van der Waals surface area contributed by atoms with Gasteiger partial charge in [0.1, 0.15) is 0 Å². The Morgan fingerprint density at radius 3 is 2.29 bits per heavy atom. The average molecular weight is 243 g/mol. The largest absolute Gasteiger partial charge is 0.393 e. The van der Waals surface area contributed by atoms with Gasteiger partial charge in [-0.25, -0.2) is 0 Å². The van der Waals surface area contributed by atoms with Crippen molar-refractivity contribution in [2.24, 2.45) is 5.41 Å². The van der Waals surface area contributed by atoms with Crippen molar-refractivity contribution in [2.45, 2.75) is 78.2 Å². The Hall–Kier alpha value is -0.120. The van der Waals surface area contributed by atoms with Gasteiger partial charge in [0, 0.05) is 18.0 Å². The molecule has 1 heterocycles. The Morgan fingerprint density at radius 1 is 1.35 bits per heavy atom. The fraction of sp³-hybridized carbons (Fsp3) is 1.00. The molecule has 0 radical (unpaired) electrons. The molecule has 0 unspecified atom stereocenters. The number of aliphatic hydroxyl groups excluding tert-OH is 1. The lowest BCUT2D eigenvalue weighted by Crippen LogP contribution is -2.47. The van der Waals surface area contributed by atoms with Crippen molar-refractivity contribution in [3.8, 4) is 0 Å². The third kappa shape index (κ3) is 4.23. The van der Waals surface area contributed by atoms with E-state index >= 15 is 0 Å². The van der Waals surface area contributed by atoms with E-state index in [1.54, 1.807) is 0 Å². The van der Waals surface area contributed by atoms with Crippen molar-refractivity contribution in [3.05, 3.63) is 0 Å². The lowest BCUT2D eigenvalue weighted by Gasteiger charge is -2.37. The highest BCUT2D eigenvalue weighted by molar-refractivity contribution is 4.85. The highest BCUT2D eigenvalue weighted by Crippen LogP contribution is 2.26. The molecule has 0 aromatic rings. The first-order valence-corrected chi connectivity index (χ1v) is 6.94. The summed E-state index contributed by atoms with van der Waals surface area (Å²) in [5.41, 5.74) is -0.0230. The van der Waals surface area contributed by atoms with Crippen LogP contribution in [0.1, 0.15) is 53.9 Å². The van der Waals surface area contributed by atoms with Crippen molar-refractivity contribution in [1.82, 2.24) is 5.32 Å². The molecule has 3 heteroatoms. The molecule has 0 amide bonds. The molecule has 1 aliphatic rings. The van der Waals surface area contributed by atoms with Gasteiger partial charge in [0.05, 0.1) is 18.3 Å². The van der Waals surface area contributed by atoms with E-state index in [0.29, 0.717) is 18.2 Å². The van der Waals surface area contributed by atoms with Crippen molar-refractivity contribution in [2.75, 3.05) is 6.54 Å². The van der Waals surface area contributed by atoms with Crippen LogP contribution in [0.4, 0.5) is 0 Å². The first kappa shape index (κ1) is 14.9. The van der Waals surface area contributed by atoms with E-state index < -0.39 is 0 Å². The Bertz CT molecular complexity index is 222. The zero-order valence-corrected chi connectivity index (χ0v) is 12.0. The summed E-state index contributed by atoms with van der Waals surface area (Å²) in [5, 5.41) is 13.5. The van der Waals surface area contributed by atoms with Crippen molar-refractivity contribution >= 4 is 0 Å². The second-order valence-electron chi connectivity index (χ2n) is 5.99. The van der Waals surface area contributed by atoms with Gasteiger partial charge < -0.3 is 15.2 Å². The van der Waals surface area contributed by atoms with Gasteiger partial charge in [-0.05, 0) is 40.0 Å². The molecule has 3 nitrogen and oxygen atoms in total. The Kier molecular flexibility index (Phi) is 5.42. The van der Waals surface area contributed by atoms with Crippen LogP contribution >= 0.6 is 0 Å². The molecule has 0 bridgehead atoms. The lowest BCUT2D eigenvalue weighted by atomic mass is 9.81. The van der Waals surface area contributed by atoms with Gasteiger partial charge in [0.2, 0.25) is 0 Å². The smallest absolute Gasteiger partial charge is 0.0577 e. The molecule has 0 saturated carbocycles. The van der Waals surface area contributed by atoms with Crippen molar-refractivity contribution < 1.29 is 9.84 Å². The molecular weight excluding hydrogens is 214 g/mol. The minimum absolute atomic E-state index is 0.0230. The molecule has 1 fully saturated rings. The molecule has 0 aliphatic carbocycles. The number of rotatable bonds is 5. The monoisotopic (exact) mass is 243 g/mol. The second kappa shape index (κ2) is 6.17. The maximum atomic E-state index is 9.84. The third-order valence-corrected chi connectivity index (χ3v) is 4.31. The quantitative estimate of drug-likeness (QED) is 0.778. The topological polar surface area (TPSA) is 41.5 Å². The Morgan fingerprint density at radius 2 is 1.88 bits per heavy atom. The summed E-state index contributed by atoms with van der Waals surface area (Å²) in [5.74, 6) is 0. The summed E-state index contributed by atoms with van der Waals surface area (Å²) in [6.45, 7) is 11.3. The normalized spacial score (nSPS) is 35.3. The minimum atomic E-state index is -0.269. The Labute approximate surface area is 106 Å². The zero-order chi connectivity index (χ0) is 13.1. The van der Waals surface area contributed by atoms with Crippen LogP contribution in [0.2, 0.25) is 0 Å². The van der Waals surface area contributed by atoms with Crippen LogP contribution in [-0.4, -0.2) is 36.0 Å². The van der Waals surface area contributed by atoms with E-state index in [1.807, 2.05) is 6.92 Å². The highest BCUT2D eigenvalue weighted by Gasteiger charge is 2.30. The molecule has 102 valence electrons. The molecule has 4 atom stereocenters. The summed E-state index contributed by atoms with van der Waals surface area (Å²) >= 11 is 0. The van der Waals surface area contributed by atoms with E-state index in [0.717, 1.165) is 25.8 Å². The number of aliphatic hydroxyl groups is 1. The number of hydrogen-bond acceptors (Lipinski definition) is 3. The zero-order valence-electron chi connectivity index (χ0n) is 12.0. The summed E-state index contributed by atoms with van der Waals surface area (Å²) in [4.78, 5) is 0. The molecule has 17 heavy (non-hydrogen) atoms. The third-order valence-electron chi connectivity index (χ3n) is 4.31. The summed E-state index contributed by atoms with van der Waals surface area (Å²) in [6.07, 6.45) is 3.56. The van der Waals surface area contributed by atoms with Crippen LogP contribution in [-0.2, 0) is 4.74 Å². The lowest BCUT2D eigenvalue weighted by molar-refractivity contribution is -0.0453. The van der Waals surface area contributed by atoms with Gasteiger partial charge in [-0.2, -0.15) is 0 Å². The summed E-state index contributed by atoms with van der Waals surface area (Å²) in [6, 6.07) is 0.526. The molecular formula is C14H29NO2. The average Bonchev–Trinajstić information content (AvgIpc) is 2.24. The second-order valence-corrected chi connectivity index (χ2v) is 5.99. The standard InChI is InChI=1S/C14H29NO2/c1-6-14(5,12(4)16)9-15-13-7-10(2)17-11(3)8-13/h10-13,15-16H,6-9H2,1-5H3/t10-,11-,12-,14+/m0/s1. The van der Waals surface area contributed by atoms with Gasteiger partial charge in [0.25, 0.3) is 0 Å². The van der Waals surface area contributed by atoms with Crippen LogP contribution in [0.25, 0.3) is 0 Å². The van der Waals surface area contributed by atoms with Crippen LogP contribution in [0, 0.1) is 5.41 Å². The SMILES string of the molecule is CC[C@](C)(CNC1C[C@H](C)O[C@@H](C)C1)[C@H](C)O. The molecule has 0 aromatic heterocycles. The molecule has 1 aliphatic heterocycles. The van der Waals surface area contributed by atoms with Gasteiger partial charge in [-0.3, -0.25) is 0 Å². The summed E-state index contributed by atoms with van der Waals surface area (Å²) in [7, 11) is 0. The predicted octanol–water partition coefficient (Wildman–Crippen LogP) is 2.33. The first-order valence-electron chi connectivity index (χ1n) is 6.94. The molecule has 0 spiro atoms.